The Morgan fingerprint density at radius 2 is 2.36 bits per heavy atom. The fraction of sp³-hybridized carbons (Fsp3) is 0.286. The first-order chi connectivity index (χ1) is 10.5. The van der Waals surface area contributed by atoms with Crippen LogP contribution in [0.5, 0.6) is 11.5 Å². The first-order valence-corrected chi connectivity index (χ1v) is 6.54. The summed E-state index contributed by atoms with van der Waals surface area (Å²) in [5.41, 5.74) is 5.88. The van der Waals surface area contributed by atoms with Gasteiger partial charge in [-0.1, -0.05) is 0 Å². The molecule has 0 radical (unpaired) electrons. The Kier molecular flexibility index (Phi) is 4.72. The Morgan fingerprint density at radius 3 is 3.00 bits per heavy atom. The molecule has 1 aromatic carbocycles. The average molecular weight is 304 g/mol. The number of carbonyl (C=O) groups is 2. The smallest absolute Gasteiger partial charge is 0.249 e. The molecule has 3 N–H and O–H groups in total. The highest BCUT2D eigenvalue weighted by molar-refractivity contribution is 6.09. The zero-order valence-electron chi connectivity index (χ0n) is 12.2. The number of benzene rings is 1. The molecule has 1 aromatic rings. The average Bonchev–Trinajstić information content (AvgIpc) is 2.81. The molecular weight excluding hydrogens is 288 g/mol. The Balaban J connectivity index is 1.91. The van der Waals surface area contributed by atoms with E-state index in [1.54, 1.807) is 19.1 Å². The molecule has 1 heterocycles. The summed E-state index contributed by atoms with van der Waals surface area (Å²) in [7, 11) is 1.44. The fourth-order valence-electron chi connectivity index (χ4n) is 1.91. The highest BCUT2D eigenvalue weighted by atomic mass is 16.5. The normalized spacial score (nSPS) is 17.3. The first-order valence-electron chi connectivity index (χ1n) is 6.54. The summed E-state index contributed by atoms with van der Waals surface area (Å²) in [5.74, 6) is -0.905. The van der Waals surface area contributed by atoms with Gasteiger partial charge in [-0.15, -0.1) is 0 Å². The van der Waals surface area contributed by atoms with Crippen LogP contribution in [0.4, 0.5) is 0 Å². The van der Waals surface area contributed by atoms with E-state index < -0.39 is 11.8 Å². The largest absolute Gasteiger partial charge is 0.504 e. The van der Waals surface area contributed by atoms with Gasteiger partial charge < -0.3 is 9.84 Å². The van der Waals surface area contributed by atoms with Gasteiger partial charge in [-0.25, -0.2) is 10.9 Å². The second-order valence-electron chi connectivity index (χ2n) is 4.71. The summed E-state index contributed by atoms with van der Waals surface area (Å²) >= 11 is 0. The van der Waals surface area contributed by atoms with Crippen LogP contribution in [-0.2, 0) is 9.59 Å². The molecule has 8 heteroatoms. The molecule has 1 aliphatic rings. The zero-order chi connectivity index (χ0) is 16.1. The van der Waals surface area contributed by atoms with E-state index in [-0.39, 0.29) is 18.1 Å². The molecule has 0 aliphatic carbocycles. The summed E-state index contributed by atoms with van der Waals surface area (Å²) in [5, 5.41) is 17.0. The van der Waals surface area contributed by atoms with Crippen molar-refractivity contribution in [2.24, 2.45) is 16.1 Å². The van der Waals surface area contributed by atoms with E-state index >= 15 is 0 Å². The van der Waals surface area contributed by atoms with Gasteiger partial charge in [0.05, 0.1) is 19.2 Å². The molecule has 0 bridgehead atoms. The van der Waals surface area contributed by atoms with E-state index in [2.05, 4.69) is 21.1 Å². The van der Waals surface area contributed by atoms with E-state index in [0.717, 1.165) is 0 Å². The number of hydrogen-bond donors (Lipinski definition) is 3. The Morgan fingerprint density at radius 1 is 1.59 bits per heavy atom. The number of methoxy groups -OCH3 is 1. The predicted octanol–water partition coefficient (Wildman–Crippen LogP) is 0.363. The Bertz CT molecular complexity index is 654. The van der Waals surface area contributed by atoms with E-state index in [1.807, 2.05) is 0 Å². The molecular formula is C14H16N4O4. The van der Waals surface area contributed by atoms with Crippen molar-refractivity contribution in [1.82, 2.24) is 10.9 Å². The third-order valence-corrected chi connectivity index (χ3v) is 3.16. The maximum absolute atomic E-state index is 11.7. The third-order valence-electron chi connectivity index (χ3n) is 3.16. The summed E-state index contributed by atoms with van der Waals surface area (Å²) in [6.45, 7) is 1.68. The SMILES string of the molecule is COc1cc(C=NNC(=O)C[C@@H]2C(=O)NN=C2C)ccc1O. The van der Waals surface area contributed by atoms with Crippen molar-refractivity contribution < 1.29 is 19.4 Å². The highest BCUT2D eigenvalue weighted by Crippen LogP contribution is 2.25. The van der Waals surface area contributed by atoms with Crippen LogP contribution in [0.15, 0.2) is 28.4 Å². The number of rotatable bonds is 5. The molecule has 1 atom stereocenters. The lowest BCUT2D eigenvalue weighted by molar-refractivity contribution is -0.127. The van der Waals surface area contributed by atoms with Gasteiger partial charge in [0.15, 0.2) is 11.5 Å². The summed E-state index contributed by atoms with van der Waals surface area (Å²) < 4.78 is 4.97. The monoisotopic (exact) mass is 304 g/mol. The molecule has 116 valence electrons. The summed E-state index contributed by atoms with van der Waals surface area (Å²) in [6.07, 6.45) is 1.40. The molecule has 8 nitrogen and oxygen atoms in total. The molecule has 0 aromatic heterocycles. The van der Waals surface area contributed by atoms with Crippen LogP contribution in [0.1, 0.15) is 18.9 Å². The quantitative estimate of drug-likeness (QED) is 0.538. The van der Waals surface area contributed by atoms with Crippen molar-refractivity contribution in [1.29, 1.82) is 0 Å². The number of phenolic OH excluding ortho intramolecular Hbond substituents is 1. The molecule has 0 saturated heterocycles. The van der Waals surface area contributed by atoms with Gasteiger partial charge in [-0.2, -0.15) is 10.2 Å². The van der Waals surface area contributed by atoms with Gasteiger partial charge in [-0.3, -0.25) is 9.59 Å². The van der Waals surface area contributed by atoms with Crippen LogP contribution < -0.4 is 15.6 Å². The van der Waals surface area contributed by atoms with E-state index in [0.29, 0.717) is 17.0 Å². The van der Waals surface area contributed by atoms with Gasteiger partial charge >= 0.3 is 0 Å². The van der Waals surface area contributed by atoms with Crippen molar-refractivity contribution in [2.45, 2.75) is 13.3 Å². The van der Waals surface area contributed by atoms with E-state index in [4.69, 9.17) is 4.74 Å². The van der Waals surface area contributed by atoms with Crippen LogP contribution in [0.25, 0.3) is 0 Å². The fourth-order valence-corrected chi connectivity index (χ4v) is 1.91. The van der Waals surface area contributed by atoms with Crippen molar-refractivity contribution >= 4 is 23.7 Å². The Hall–Kier alpha value is -2.90. The number of nitrogens with one attached hydrogen (secondary N) is 2. The number of phenols is 1. The maximum Gasteiger partial charge on any atom is 0.249 e. The van der Waals surface area contributed by atoms with Crippen molar-refractivity contribution in [3.8, 4) is 11.5 Å². The standard InChI is InChI=1S/C14H16N4O4/c1-8-10(14(21)18-16-8)6-13(20)17-15-7-9-3-4-11(19)12(5-9)22-2/h3-5,7,10,19H,6H2,1-2H3,(H,17,20)(H,18,21)/t10-/m0/s1. The topological polar surface area (TPSA) is 112 Å². The van der Waals surface area contributed by atoms with Gasteiger partial charge in [0, 0.05) is 12.1 Å². The summed E-state index contributed by atoms with van der Waals surface area (Å²) in [4.78, 5) is 23.2. The van der Waals surface area contributed by atoms with Crippen LogP contribution in [0, 0.1) is 5.92 Å². The minimum atomic E-state index is -0.552. The number of carbonyl (C=O) groups excluding carboxylic acids is 2. The lowest BCUT2D eigenvalue weighted by Gasteiger charge is -2.06. The van der Waals surface area contributed by atoms with Crippen molar-refractivity contribution in [3.63, 3.8) is 0 Å². The highest BCUT2D eigenvalue weighted by Gasteiger charge is 2.28. The first kappa shape index (κ1) is 15.5. The minimum absolute atomic E-state index is 0.0165. The zero-order valence-corrected chi connectivity index (χ0v) is 12.2. The van der Waals surface area contributed by atoms with Gasteiger partial charge in [0.2, 0.25) is 11.8 Å². The second-order valence-corrected chi connectivity index (χ2v) is 4.71. The molecule has 2 rings (SSSR count). The van der Waals surface area contributed by atoms with E-state index in [1.165, 1.54) is 19.4 Å². The van der Waals surface area contributed by atoms with Gasteiger partial charge in [-0.05, 0) is 30.7 Å². The van der Waals surface area contributed by atoms with Crippen LogP contribution >= 0.6 is 0 Å². The number of nitrogens with zero attached hydrogens (tertiary/aromatic N) is 2. The van der Waals surface area contributed by atoms with Crippen LogP contribution in [-0.4, -0.2) is 36.0 Å². The molecule has 0 saturated carbocycles. The molecule has 0 unspecified atom stereocenters. The number of hydrogen-bond acceptors (Lipinski definition) is 6. The lowest BCUT2D eigenvalue weighted by Crippen LogP contribution is -2.29. The number of aromatic hydroxyl groups is 1. The molecule has 0 fully saturated rings. The number of amides is 2. The van der Waals surface area contributed by atoms with Crippen molar-refractivity contribution in [2.75, 3.05) is 7.11 Å². The van der Waals surface area contributed by atoms with Crippen LogP contribution in [0.2, 0.25) is 0 Å². The number of ether oxygens (including phenoxy) is 1. The van der Waals surface area contributed by atoms with E-state index in [9.17, 15) is 14.7 Å². The minimum Gasteiger partial charge on any atom is -0.504 e. The molecule has 2 amide bonds. The molecule has 0 spiro atoms. The second kappa shape index (κ2) is 6.70. The molecule has 1 aliphatic heterocycles. The predicted molar refractivity (Wildman–Crippen MR) is 79.8 cm³/mol. The summed E-state index contributed by atoms with van der Waals surface area (Å²) in [6, 6.07) is 4.66. The third kappa shape index (κ3) is 3.60. The number of hydrazone groups is 2. The Labute approximate surface area is 126 Å². The molecule has 22 heavy (non-hydrogen) atoms. The maximum atomic E-state index is 11.7. The van der Waals surface area contributed by atoms with Crippen molar-refractivity contribution in [3.05, 3.63) is 23.8 Å². The van der Waals surface area contributed by atoms with Gasteiger partial charge in [0.1, 0.15) is 0 Å². The van der Waals surface area contributed by atoms with Gasteiger partial charge in [0.25, 0.3) is 0 Å². The van der Waals surface area contributed by atoms with Crippen LogP contribution in [0.3, 0.4) is 0 Å². The lowest BCUT2D eigenvalue weighted by atomic mass is 10.0.